The molecule has 0 unspecified atom stereocenters. The second kappa shape index (κ2) is 3.21. The molecule has 0 heterocycles. The highest BCUT2D eigenvalue weighted by molar-refractivity contribution is 9.10. The maximum absolute atomic E-state index is 13.2. The largest absolute Gasteiger partial charge is 0.505 e. The van der Waals surface area contributed by atoms with E-state index in [1.54, 1.807) is 6.07 Å². The van der Waals surface area contributed by atoms with Gasteiger partial charge in [0.2, 0.25) is 0 Å². The molecule has 76 valence electrons. The minimum absolute atomic E-state index is 0.186. The third-order valence-corrected chi connectivity index (χ3v) is 3.30. The van der Waals surface area contributed by atoms with Crippen molar-refractivity contribution in [3.8, 4) is 5.75 Å². The molecule has 3 N–H and O–H groups in total. The van der Waals surface area contributed by atoms with Crippen molar-refractivity contribution in [2.24, 2.45) is 5.73 Å². The van der Waals surface area contributed by atoms with Crippen LogP contribution in [0.4, 0.5) is 4.39 Å². The molecule has 0 aromatic heterocycles. The molecule has 1 aromatic rings. The van der Waals surface area contributed by atoms with Crippen LogP contribution in [0.1, 0.15) is 18.4 Å². The van der Waals surface area contributed by atoms with Gasteiger partial charge < -0.3 is 10.8 Å². The van der Waals surface area contributed by atoms with Crippen LogP contribution in [0.25, 0.3) is 0 Å². The number of hydrogen-bond donors (Lipinski definition) is 2. The monoisotopic (exact) mass is 259 g/mol. The summed E-state index contributed by atoms with van der Waals surface area (Å²) in [5, 5.41) is 9.58. The number of halogens is 2. The molecule has 1 aliphatic carbocycles. The molecule has 0 amide bonds. The molecule has 0 radical (unpaired) electrons. The molecule has 2 nitrogen and oxygen atoms in total. The van der Waals surface area contributed by atoms with Crippen LogP contribution < -0.4 is 5.73 Å². The van der Waals surface area contributed by atoms with Crippen LogP contribution in [0, 0.1) is 5.82 Å². The number of benzene rings is 1. The molecule has 2 rings (SSSR count). The summed E-state index contributed by atoms with van der Waals surface area (Å²) in [5.41, 5.74) is 6.07. The lowest BCUT2D eigenvalue weighted by molar-refractivity contribution is 0.418. The van der Waals surface area contributed by atoms with Crippen molar-refractivity contribution in [2.45, 2.75) is 18.3 Å². The Morgan fingerprint density at radius 2 is 2.14 bits per heavy atom. The van der Waals surface area contributed by atoms with Crippen LogP contribution in [0.2, 0.25) is 0 Å². The normalized spacial score (nSPS) is 18.2. The van der Waals surface area contributed by atoms with Crippen LogP contribution in [-0.4, -0.2) is 11.7 Å². The number of phenols is 1. The van der Waals surface area contributed by atoms with Gasteiger partial charge in [-0.15, -0.1) is 0 Å². The summed E-state index contributed by atoms with van der Waals surface area (Å²) >= 11 is 3.20. The average molecular weight is 260 g/mol. The number of hydrogen-bond acceptors (Lipinski definition) is 2. The van der Waals surface area contributed by atoms with Gasteiger partial charge in [-0.1, -0.05) is 15.9 Å². The predicted molar refractivity (Wildman–Crippen MR) is 55.7 cm³/mol. The van der Waals surface area contributed by atoms with Gasteiger partial charge in [-0.2, -0.15) is 0 Å². The predicted octanol–water partition coefficient (Wildman–Crippen LogP) is 2.28. The fraction of sp³-hybridized carbons (Fsp3) is 0.400. The molecule has 0 atom stereocenters. The van der Waals surface area contributed by atoms with E-state index in [4.69, 9.17) is 5.73 Å². The Morgan fingerprint density at radius 3 is 2.64 bits per heavy atom. The summed E-state index contributed by atoms with van der Waals surface area (Å²) in [6, 6.07) is 3.00. The van der Waals surface area contributed by atoms with E-state index in [1.165, 1.54) is 6.07 Å². The fourth-order valence-electron chi connectivity index (χ4n) is 1.70. The zero-order chi connectivity index (χ0) is 10.3. The van der Waals surface area contributed by atoms with Gasteiger partial charge in [0.15, 0.2) is 11.6 Å². The van der Waals surface area contributed by atoms with E-state index in [0.29, 0.717) is 16.6 Å². The van der Waals surface area contributed by atoms with E-state index in [-0.39, 0.29) is 11.2 Å². The second-order valence-electron chi connectivity index (χ2n) is 3.77. The Kier molecular flexibility index (Phi) is 2.27. The zero-order valence-electron chi connectivity index (χ0n) is 7.56. The number of nitrogens with two attached hydrogens (primary N) is 1. The van der Waals surface area contributed by atoms with Crippen molar-refractivity contribution < 1.29 is 9.50 Å². The molecule has 0 saturated heterocycles. The Bertz CT molecular complexity index is 377. The third-order valence-electron chi connectivity index (χ3n) is 2.84. The second-order valence-corrected chi connectivity index (χ2v) is 4.68. The quantitative estimate of drug-likeness (QED) is 0.856. The summed E-state index contributed by atoms with van der Waals surface area (Å²) in [6.45, 7) is 0.455. The molecule has 4 heteroatoms. The van der Waals surface area contributed by atoms with Crippen LogP contribution in [0.5, 0.6) is 5.75 Å². The molecule has 0 bridgehead atoms. The average Bonchev–Trinajstić information content (AvgIpc) is 2.92. The smallest absolute Gasteiger partial charge is 0.166 e. The van der Waals surface area contributed by atoms with Crippen molar-refractivity contribution in [1.29, 1.82) is 0 Å². The summed E-state index contributed by atoms with van der Waals surface area (Å²) < 4.78 is 13.9. The topological polar surface area (TPSA) is 46.2 Å². The highest BCUT2D eigenvalue weighted by Crippen LogP contribution is 2.51. The van der Waals surface area contributed by atoms with E-state index in [9.17, 15) is 9.50 Å². The molecule has 0 spiro atoms. The summed E-state index contributed by atoms with van der Waals surface area (Å²) in [4.78, 5) is 0. The molecule has 0 aliphatic heterocycles. The third kappa shape index (κ3) is 1.42. The van der Waals surface area contributed by atoms with Crippen molar-refractivity contribution in [3.63, 3.8) is 0 Å². The first-order valence-electron chi connectivity index (χ1n) is 4.48. The maximum Gasteiger partial charge on any atom is 0.166 e. The van der Waals surface area contributed by atoms with Crippen molar-refractivity contribution >= 4 is 15.9 Å². The maximum atomic E-state index is 13.2. The summed E-state index contributed by atoms with van der Waals surface area (Å²) in [7, 11) is 0. The summed E-state index contributed by atoms with van der Waals surface area (Å²) in [5.74, 6) is -0.842. The van der Waals surface area contributed by atoms with Gasteiger partial charge in [0, 0.05) is 22.0 Å². The van der Waals surface area contributed by atoms with Gasteiger partial charge in [0.1, 0.15) is 0 Å². The Morgan fingerprint density at radius 1 is 1.50 bits per heavy atom. The van der Waals surface area contributed by atoms with Crippen LogP contribution >= 0.6 is 15.9 Å². The molecule has 14 heavy (non-hydrogen) atoms. The van der Waals surface area contributed by atoms with Crippen molar-refractivity contribution in [2.75, 3.05) is 6.54 Å². The molecule has 1 fully saturated rings. The van der Waals surface area contributed by atoms with Gasteiger partial charge in [-0.25, -0.2) is 4.39 Å². The first-order chi connectivity index (χ1) is 6.59. The van der Waals surface area contributed by atoms with Crippen LogP contribution in [0.3, 0.4) is 0 Å². The Labute approximate surface area is 90.1 Å². The standard InChI is InChI=1S/C10H11BrFNO/c11-6-3-7(9(14)8(12)4-6)10(5-13)1-2-10/h3-4,14H,1-2,5,13H2. The minimum Gasteiger partial charge on any atom is -0.505 e. The highest BCUT2D eigenvalue weighted by Gasteiger charge is 2.45. The van der Waals surface area contributed by atoms with E-state index >= 15 is 0 Å². The van der Waals surface area contributed by atoms with E-state index in [2.05, 4.69) is 15.9 Å². The van der Waals surface area contributed by atoms with Gasteiger partial charge in [-0.3, -0.25) is 0 Å². The Balaban J connectivity index is 2.52. The van der Waals surface area contributed by atoms with Gasteiger partial charge in [-0.05, 0) is 25.0 Å². The first-order valence-corrected chi connectivity index (χ1v) is 5.27. The first kappa shape index (κ1) is 9.93. The molecule has 1 aliphatic rings. The van der Waals surface area contributed by atoms with Gasteiger partial charge >= 0.3 is 0 Å². The van der Waals surface area contributed by atoms with Gasteiger partial charge in [0.25, 0.3) is 0 Å². The zero-order valence-corrected chi connectivity index (χ0v) is 9.14. The molecule has 1 aromatic carbocycles. The Hall–Kier alpha value is -0.610. The number of aromatic hydroxyl groups is 1. The lowest BCUT2D eigenvalue weighted by Crippen LogP contribution is -2.20. The lowest BCUT2D eigenvalue weighted by atomic mass is 9.95. The van der Waals surface area contributed by atoms with E-state index in [0.717, 1.165) is 12.8 Å². The van der Waals surface area contributed by atoms with Crippen molar-refractivity contribution in [3.05, 3.63) is 28.0 Å². The number of phenolic OH excluding ortho intramolecular Hbond substituents is 1. The van der Waals surface area contributed by atoms with Crippen LogP contribution in [-0.2, 0) is 5.41 Å². The fourth-order valence-corrected chi connectivity index (χ4v) is 2.13. The summed E-state index contributed by atoms with van der Waals surface area (Å²) in [6.07, 6.45) is 1.85. The highest BCUT2D eigenvalue weighted by atomic mass is 79.9. The van der Waals surface area contributed by atoms with E-state index in [1.807, 2.05) is 0 Å². The van der Waals surface area contributed by atoms with Crippen LogP contribution in [0.15, 0.2) is 16.6 Å². The van der Waals surface area contributed by atoms with E-state index < -0.39 is 5.82 Å². The number of rotatable bonds is 2. The SMILES string of the molecule is NCC1(c2cc(Br)cc(F)c2O)CC1. The molecular formula is C10H11BrFNO. The molecular weight excluding hydrogens is 249 g/mol. The lowest BCUT2D eigenvalue weighted by Gasteiger charge is -2.15. The molecule has 1 saturated carbocycles. The van der Waals surface area contributed by atoms with Gasteiger partial charge in [0.05, 0.1) is 0 Å². The minimum atomic E-state index is -0.589. The van der Waals surface area contributed by atoms with Crippen molar-refractivity contribution in [1.82, 2.24) is 0 Å².